The smallest absolute Gasteiger partial charge is 0.308 e. The number of aromatic nitrogens is 8. The third-order valence-corrected chi connectivity index (χ3v) is 12.0. The molecule has 0 fully saturated rings. The van der Waals surface area contributed by atoms with Crippen LogP contribution in [0, 0.1) is 0 Å². The molecule has 0 amide bonds. The summed E-state index contributed by atoms with van der Waals surface area (Å²) in [7, 11) is -4.86. The van der Waals surface area contributed by atoms with Crippen molar-refractivity contribution in [2.75, 3.05) is 46.8 Å². The van der Waals surface area contributed by atoms with Gasteiger partial charge in [0, 0.05) is 30.7 Å². The summed E-state index contributed by atoms with van der Waals surface area (Å²) in [4.78, 5) is 28.8. The van der Waals surface area contributed by atoms with Gasteiger partial charge in [-0.2, -0.15) is 23.9 Å². The van der Waals surface area contributed by atoms with Crippen LogP contribution in [0.5, 0.6) is 17.2 Å². The fraction of sp³-hybridized carbons (Fsp3) is 0.125. The Hall–Kier alpha value is -7.85. The molecule has 4 aromatic carbocycles. The van der Waals surface area contributed by atoms with E-state index in [9.17, 15) is 21.6 Å². The summed E-state index contributed by atoms with van der Waals surface area (Å²) in [5.74, 6) is 2.08. The molecule has 20 nitrogen and oxygen atoms in total. The third-order valence-electron chi connectivity index (χ3n) is 8.70. The number of anilines is 6. The van der Waals surface area contributed by atoms with E-state index < -0.39 is 26.0 Å². The highest BCUT2D eigenvalue weighted by atomic mass is 32.3. The van der Waals surface area contributed by atoms with Crippen molar-refractivity contribution in [2.45, 2.75) is 6.92 Å². The lowest BCUT2D eigenvalue weighted by molar-refractivity contribution is -0.131. The Labute approximate surface area is 355 Å². The number of nitrogens with one attached hydrogen (secondary N) is 2. The van der Waals surface area contributed by atoms with Crippen LogP contribution in [-0.4, -0.2) is 89.0 Å². The van der Waals surface area contributed by atoms with E-state index in [2.05, 4.69) is 40.8 Å². The van der Waals surface area contributed by atoms with Gasteiger partial charge in [0.1, 0.15) is 17.2 Å². The highest BCUT2D eigenvalue weighted by Gasteiger charge is 2.27. The van der Waals surface area contributed by atoms with Crippen molar-refractivity contribution in [1.29, 1.82) is 0 Å². The summed E-state index contributed by atoms with van der Waals surface area (Å²) in [5.41, 5.74) is 10.5. The number of benzene rings is 4. The van der Waals surface area contributed by atoms with Gasteiger partial charge in [0.25, 0.3) is 0 Å². The Kier molecular flexibility index (Phi) is 11.9. The van der Waals surface area contributed by atoms with Crippen LogP contribution in [0.1, 0.15) is 6.92 Å². The summed E-state index contributed by atoms with van der Waals surface area (Å²) in [5, 5.41) is 16.4. The highest BCUT2D eigenvalue weighted by Crippen LogP contribution is 2.28. The zero-order valence-corrected chi connectivity index (χ0v) is 35.3. The summed E-state index contributed by atoms with van der Waals surface area (Å²) in [6.45, 7) is 1.32. The number of carbonyl (C=O) groups is 1. The normalized spacial score (nSPS) is 11.4. The molecule has 8 aromatic rings. The second-order valence-electron chi connectivity index (χ2n) is 13.3. The molecule has 22 heteroatoms. The first-order chi connectivity index (χ1) is 29.6. The van der Waals surface area contributed by atoms with Crippen LogP contribution in [0.15, 0.2) is 116 Å². The first-order valence-electron chi connectivity index (χ1n) is 18.2. The molecule has 0 saturated carbocycles. The van der Waals surface area contributed by atoms with E-state index in [4.69, 9.17) is 19.9 Å². The molecular formula is C40H38N12O8S2. The summed E-state index contributed by atoms with van der Waals surface area (Å²) >= 11 is 0. The first-order valence-corrected chi connectivity index (χ1v) is 21.9. The Morgan fingerprint density at radius 1 is 0.645 bits per heavy atom. The van der Waals surface area contributed by atoms with Crippen molar-refractivity contribution >= 4 is 82.7 Å². The molecule has 318 valence electrons. The summed E-state index contributed by atoms with van der Waals surface area (Å²) in [6, 6.07) is 25.5. The number of hydrogen-bond donors (Lipinski definition) is 3. The average Bonchev–Trinajstić information content (AvgIpc) is 3.85. The van der Waals surface area contributed by atoms with E-state index in [-0.39, 0.29) is 11.6 Å². The molecule has 0 aliphatic rings. The minimum atomic E-state index is -4.04. The summed E-state index contributed by atoms with van der Waals surface area (Å²) in [6.07, 6.45) is 8.29. The fourth-order valence-electron chi connectivity index (χ4n) is 6.04. The van der Waals surface area contributed by atoms with Crippen molar-refractivity contribution in [3.05, 3.63) is 116 Å². The Morgan fingerprint density at radius 2 is 1.13 bits per heavy atom. The maximum absolute atomic E-state index is 11.9. The first kappa shape index (κ1) is 42.3. The van der Waals surface area contributed by atoms with Crippen LogP contribution >= 0.6 is 0 Å². The lowest BCUT2D eigenvalue weighted by atomic mass is 10.2. The highest BCUT2D eigenvalue weighted by molar-refractivity contribution is 8.09. The van der Waals surface area contributed by atoms with Crippen LogP contribution in [0.3, 0.4) is 0 Å². The quantitative estimate of drug-likeness (QED) is 0.0792. The maximum Gasteiger partial charge on any atom is 0.308 e. The van der Waals surface area contributed by atoms with Crippen molar-refractivity contribution in [3.63, 3.8) is 0 Å². The van der Waals surface area contributed by atoms with Gasteiger partial charge < -0.3 is 30.6 Å². The molecule has 0 spiro atoms. The van der Waals surface area contributed by atoms with Gasteiger partial charge in [-0.1, -0.05) is 0 Å². The van der Waals surface area contributed by atoms with Crippen molar-refractivity contribution < 1.29 is 35.8 Å². The van der Waals surface area contributed by atoms with E-state index in [0.29, 0.717) is 54.9 Å². The average molecular weight is 879 g/mol. The van der Waals surface area contributed by atoms with Gasteiger partial charge >= 0.3 is 5.97 Å². The zero-order chi connectivity index (χ0) is 44.2. The van der Waals surface area contributed by atoms with Crippen LogP contribution in [0.4, 0.5) is 34.6 Å². The number of fused-ring (bicyclic) bond motifs is 2. The van der Waals surface area contributed by atoms with Gasteiger partial charge in [-0.25, -0.2) is 36.2 Å². The largest absolute Gasteiger partial charge is 0.497 e. The molecule has 62 heavy (non-hydrogen) atoms. The van der Waals surface area contributed by atoms with Crippen molar-refractivity contribution in [3.8, 4) is 28.6 Å². The Balaban J connectivity index is 0.000000192. The molecule has 8 rings (SSSR count). The number of nitrogen functional groups attached to an aromatic ring is 1. The predicted octanol–water partition coefficient (Wildman–Crippen LogP) is 5.37. The lowest BCUT2D eigenvalue weighted by Crippen LogP contribution is -2.35. The number of rotatable bonds is 12. The number of carbonyl (C=O) groups excluding carboxylic acids is 1. The minimum Gasteiger partial charge on any atom is -0.497 e. The lowest BCUT2D eigenvalue weighted by Gasteiger charge is -2.19. The molecular weight excluding hydrogens is 841 g/mol. The molecule has 4 heterocycles. The van der Waals surface area contributed by atoms with Gasteiger partial charge in [-0.3, -0.25) is 4.79 Å². The number of nitrogens with zero attached hydrogens (tertiary/aromatic N) is 9. The minimum absolute atomic E-state index is 0.0211. The monoisotopic (exact) mass is 878 g/mol. The molecule has 0 unspecified atom stereocenters. The van der Waals surface area contributed by atoms with Crippen LogP contribution in [-0.2, 0) is 24.8 Å². The fourth-order valence-corrected chi connectivity index (χ4v) is 9.02. The Morgan fingerprint density at radius 3 is 1.58 bits per heavy atom. The number of esters is 1. The molecule has 0 saturated heterocycles. The number of methoxy groups -OCH3 is 2. The summed E-state index contributed by atoms with van der Waals surface area (Å²) < 4.78 is 66.9. The van der Waals surface area contributed by atoms with Gasteiger partial charge in [0.2, 0.25) is 31.9 Å². The molecule has 0 atom stereocenters. The van der Waals surface area contributed by atoms with Crippen molar-refractivity contribution in [1.82, 2.24) is 39.5 Å². The molecule has 0 bridgehead atoms. The molecule has 4 aromatic heterocycles. The van der Waals surface area contributed by atoms with E-state index in [1.54, 1.807) is 84.8 Å². The maximum atomic E-state index is 11.9. The topological polar surface area (TPSA) is 254 Å². The van der Waals surface area contributed by atoms with E-state index >= 15 is 0 Å². The standard InChI is InChI=1S/C21H20N6O6S2.C19H18N6O2/c1-14(28)33-19-10-8-17(9-11-19)26-20-15(13-23-26)12-22-21(25-20)24-16-4-6-18(7-5-16)27(34(2,29)30)35(3,31)32;1-26-15-6-4-14(5-7-15)25-18-12(11-22-25)10-21-19(24-18)23-13-3-8-17(27-2)16(20)9-13/h4-13H,1-3H3,(H,22,24,25);3-11H,20H2,1-2H3,(H,21,23,24). The van der Waals surface area contributed by atoms with Gasteiger partial charge in [0.15, 0.2) is 11.3 Å². The molecule has 0 aliphatic heterocycles. The number of nitrogens with two attached hydrogens (primary N) is 1. The number of hydrogen-bond acceptors (Lipinski definition) is 17. The van der Waals surface area contributed by atoms with E-state index in [1.807, 2.05) is 30.3 Å². The van der Waals surface area contributed by atoms with Gasteiger partial charge in [-0.15, -0.1) is 0 Å². The second-order valence-corrected chi connectivity index (χ2v) is 17.2. The third kappa shape index (κ3) is 9.61. The van der Waals surface area contributed by atoms with E-state index in [1.165, 1.54) is 31.2 Å². The predicted molar refractivity (Wildman–Crippen MR) is 234 cm³/mol. The SMILES string of the molecule is CC(=O)Oc1ccc(-n2ncc3cnc(Nc4ccc(N(S(C)(=O)=O)S(C)(=O)=O)cc4)nc32)cc1.COc1ccc(-n2ncc3cnc(Nc4ccc(OC)c(N)c4)nc32)cc1. The van der Waals surface area contributed by atoms with Crippen LogP contribution < -0.4 is 34.3 Å². The van der Waals surface area contributed by atoms with Crippen LogP contribution in [0.25, 0.3) is 33.4 Å². The van der Waals surface area contributed by atoms with E-state index in [0.717, 1.165) is 35.0 Å². The van der Waals surface area contributed by atoms with Gasteiger partial charge in [0.05, 0.1) is 72.6 Å². The van der Waals surface area contributed by atoms with Crippen LogP contribution in [0.2, 0.25) is 0 Å². The second kappa shape index (κ2) is 17.4. The molecule has 4 N–H and O–H groups in total. The number of sulfonamides is 2. The zero-order valence-electron chi connectivity index (χ0n) is 33.7. The van der Waals surface area contributed by atoms with Gasteiger partial charge in [-0.05, 0) is 91.0 Å². The van der Waals surface area contributed by atoms with Crippen molar-refractivity contribution in [2.24, 2.45) is 0 Å². The number of ether oxygens (including phenoxy) is 3. The molecule has 0 radical (unpaired) electrons. The molecule has 0 aliphatic carbocycles. The Bertz CT molecular complexity index is 3090.